The molecule has 2 aliphatic rings. The zero-order valence-corrected chi connectivity index (χ0v) is 21.7. The Hall–Kier alpha value is -2.95. The summed E-state index contributed by atoms with van der Waals surface area (Å²) in [6, 6.07) is 3.34. The molecule has 35 heavy (non-hydrogen) atoms. The molecule has 0 bridgehead atoms. The minimum Gasteiger partial charge on any atom is -0.465 e. The third-order valence-electron chi connectivity index (χ3n) is 6.39. The van der Waals surface area contributed by atoms with Crippen LogP contribution < -0.4 is 10.2 Å². The van der Waals surface area contributed by atoms with E-state index in [4.69, 9.17) is 0 Å². The summed E-state index contributed by atoms with van der Waals surface area (Å²) in [5, 5.41) is 11.8. The second-order valence-corrected chi connectivity index (χ2v) is 10.5. The van der Waals surface area contributed by atoms with Crippen molar-refractivity contribution in [3.05, 3.63) is 23.3 Å². The Balaban J connectivity index is 1.93. The molecule has 3 rings (SSSR count). The van der Waals surface area contributed by atoms with Crippen LogP contribution in [0, 0.1) is 6.92 Å². The number of thioether (sulfide) groups is 1. The van der Waals surface area contributed by atoms with E-state index < -0.39 is 12.2 Å². The molecule has 1 aromatic rings. The molecule has 4 amide bonds. The zero-order valence-electron chi connectivity index (χ0n) is 20.9. The average Bonchev–Trinajstić information content (AvgIpc) is 2.81. The van der Waals surface area contributed by atoms with Crippen molar-refractivity contribution in [3.63, 3.8) is 0 Å². The Morgan fingerprint density at radius 2 is 2.03 bits per heavy atom. The quantitative estimate of drug-likeness (QED) is 0.608. The first-order valence-electron chi connectivity index (χ1n) is 11.8. The van der Waals surface area contributed by atoms with Gasteiger partial charge in [0.2, 0.25) is 5.91 Å². The Morgan fingerprint density at radius 3 is 2.66 bits per heavy atom. The van der Waals surface area contributed by atoms with Gasteiger partial charge in [-0.1, -0.05) is 0 Å². The number of carbonyl (C=O) groups excluding carboxylic acids is 3. The van der Waals surface area contributed by atoms with Gasteiger partial charge in [-0.25, -0.2) is 9.59 Å². The van der Waals surface area contributed by atoms with Gasteiger partial charge in [0.25, 0.3) is 5.91 Å². The van der Waals surface area contributed by atoms with E-state index in [-0.39, 0.29) is 48.8 Å². The van der Waals surface area contributed by atoms with Crippen LogP contribution in [-0.2, 0) is 9.53 Å². The van der Waals surface area contributed by atoms with E-state index in [1.165, 1.54) is 23.8 Å². The number of ether oxygens (including phenoxy) is 1. The van der Waals surface area contributed by atoms with E-state index in [2.05, 4.69) is 10.1 Å². The summed E-state index contributed by atoms with van der Waals surface area (Å²) in [5.41, 5.74) is 1.92. The molecular formula is C24H34N4O6S. The predicted octanol–water partition coefficient (Wildman–Crippen LogP) is 3.17. The van der Waals surface area contributed by atoms with Gasteiger partial charge in [-0.2, -0.15) is 0 Å². The maximum absolute atomic E-state index is 13.8. The second-order valence-electron chi connectivity index (χ2n) is 9.13. The number of benzene rings is 1. The van der Waals surface area contributed by atoms with Crippen LogP contribution in [0.4, 0.5) is 15.3 Å². The number of rotatable bonds is 6. The van der Waals surface area contributed by atoms with E-state index in [0.29, 0.717) is 24.2 Å². The molecular weight excluding hydrogens is 472 g/mol. The number of hydrogen-bond donors (Lipinski definition) is 2. The third kappa shape index (κ3) is 5.83. The number of nitrogens with one attached hydrogen (secondary N) is 1. The highest BCUT2D eigenvalue weighted by molar-refractivity contribution is 8.01. The summed E-state index contributed by atoms with van der Waals surface area (Å²) < 4.78 is 4.60. The number of carbonyl (C=O) groups is 4. The molecule has 192 valence electrons. The van der Waals surface area contributed by atoms with Crippen molar-refractivity contribution in [1.29, 1.82) is 0 Å². The van der Waals surface area contributed by atoms with Crippen molar-refractivity contribution in [3.8, 4) is 0 Å². The lowest BCUT2D eigenvalue weighted by atomic mass is 9.99. The van der Waals surface area contributed by atoms with Crippen molar-refractivity contribution in [2.75, 3.05) is 38.2 Å². The van der Waals surface area contributed by atoms with Crippen molar-refractivity contribution in [2.45, 2.75) is 62.8 Å². The standard InChI is InChI=1S/C24H34N4O6S/c1-14(2)28(17-7-6-9-26(13-17)24(32)33)22(30)18-12-19-20(11-15(18)3)35-16(4)21(29)27(19)10-8-25-23(31)34-5/h11-12,14,16-17H,6-10,13H2,1-5H3,(H,25,31)(H,32,33)/t16?,17-/m1/s1. The molecule has 10 nitrogen and oxygen atoms in total. The number of alkyl carbamates (subject to hydrolysis) is 1. The molecule has 2 aliphatic heterocycles. The Morgan fingerprint density at radius 1 is 1.31 bits per heavy atom. The van der Waals surface area contributed by atoms with Crippen LogP contribution in [-0.4, -0.2) is 89.5 Å². The van der Waals surface area contributed by atoms with Crippen LogP contribution in [0.2, 0.25) is 0 Å². The number of hydrogen-bond acceptors (Lipinski definition) is 6. The lowest BCUT2D eigenvalue weighted by Crippen LogP contribution is -2.53. The summed E-state index contributed by atoms with van der Waals surface area (Å²) in [7, 11) is 1.28. The van der Waals surface area contributed by atoms with Crippen LogP contribution in [0.5, 0.6) is 0 Å². The van der Waals surface area contributed by atoms with Gasteiger partial charge >= 0.3 is 12.2 Å². The van der Waals surface area contributed by atoms with E-state index in [9.17, 15) is 24.3 Å². The molecule has 0 radical (unpaired) electrons. The Kier molecular flexibility index (Phi) is 8.52. The Labute approximate surface area is 209 Å². The summed E-state index contributed by atoms with van der Waals surface area (Å²) in [5.74, 6) is -0.275. The fourth-order valence-corrected chi connectivity index (χ4v) is 5.82. The first kappa shape index (κ1) is 26.7. The molecule has 2 atom stereocenters. The SMILES string of the molecule is COC(=O)NCCN1C(=O)C(C)Sc2cc(C)c(C(=O)N(C(C)C)[C@@H]3CCCN(C(=O)O)C3)cc21. The average molecular weight is 507 g/mol. The van der Waals surface area contributed by atoms with Gasteiger partial charge in [0.05, 0.1) is 24.1 Å². The molecule has 0 aliphatic carbocycles. The first-order valence-corrected chi connectivity index (χ1v) is 12.7. The number of aryl methyl sites for hydroxylation is 1. The molecule has 2 N–H and O–H groups in total. The van der Waals surface area contributed by atoms with Crippen molar-refractivity contribution >= 4 is 41.5 Å². The highest BCUT2D eigenvalue weighted by Gasteiger charge is 2.35. The zero-order chi connectivity index (χ0) is 25.9. The number of anilines is 1. The largest absolute Gasteiger partial charge is 0.465 e. The third-order valence-corrected chi connectivity index (χ3v) is 7.52. The first-order chi connectivity index (χ1) is 16.5. The maximum Gasteiger partial charge on any atom is 0.407 e. The van der Waals surface area contributed by atoms with E-state index in [1.807, 2.05) is 33.8 Å². The van der Waals surface area contributed by atoms with E-state index >= 15 is 0 Å². The maximum atomic E-state index is 13.8. The normalized spacial score (nSPS) is 19.9. The second kappa shape index (κ2) is 11.2. The number of carboxylic acid groups (broad SMARTS) is 1. The topological polar surface area (TPSA) is 119 Å². The van der Waals surface area contributed by atoms with Crippen molar-refractivity contribution in [1.82, 2.24) is 15.1 Å². The smallest absolute Gasteiger partial charge is 0.407 e. The lowest BCUT2D eigenvalue weighted by Gasteiger charge is -2.41. The molecule has 0 aromatic heterocycles. The van der Waals surface area contributed by atoms with Crippen LogP contribution in [0.15, 0.2) is 17.0 Å². The summed E-state index contributed by atoms with van der Waals surface area (Å²) >= 11 is 1.45. The predicted molar refractivity (Wildman–Crippen MR) is 133 cm³/mol. The minimum absolute atomic E-state index is 0.0958. The van der Waals surface area contributed by atoms with Crippen LogP contribution >= 0.6 is 11.8 Å². The van der Waals surface area contributed by atoms with Crippen LogP contribution in [0.3, 0.4) is 0 Å². The van der Waals surface area contributed by atoms with Crippen molar-refractivity contribution in [2.24, 2.45) is 0 Å². The molecule has 0 saturated carbocycles. The molecule has 2 heterocycles. The van der Waals surface area contributed by atoms with Crippen LogP contribution in [0.25, 0.3) is 0 Å². The number of amides is 4. The summed E-state index contributed by atoms with van der Waals surface area (Å²) in [6.07, 6.45) is -0.126. The van der Waals surface area contributed by atoms with Gasteiger partial charge in [-0.05, 0) is 58.2 Å². The van der Waals surface area contributed by atoms with E-state index in [1.54, 1.807) is 15.9 Å². The monoisotopic (exact) mass is 506 g/mol. The molecule has 1 fully saturated rings. The molecule has 1 aromatic carbocycles. The number of fused-ring (bicyclic) bond motifs is 1. The van der Waals surface area contributed by atoms with Gasteiger partial charge < -0.3 is 29.9 Å². The fraction of sp³-hybridized carbons (Fsp3) is 0.583. The van der Waals surface area contributed by atoms with Crippen LogP contribution in [0.1, 0.15) is 49.5 Å². The molecule has 11 heteroatoms. The van der Waals surface area contributed by atoms with E-state index in [0.717, 1.165) is 16.9 Å². The number of methoxy groups -OCH3 is 1. The number of likely N-dealkylation sites (tertiary alicyclic amines) is 1. The fourth-order valence-electron chi connectivity index (χ4n) is 4.67. The molecule has 1 saturated heterocycles. The summed E-state index contributed by atoms with van der Waals surface area (Å²) in [4.78, 5) is 55.5. The highest BCUT2D eigenvalue weighted by atomic mass is 32.2. The number of piperidine rings is 1. The van der Waals surface area contributed by atoms with Gasteiger partial charge in [0.15, 0.2) is 0 Å². The summed E-state index contributed by atoms with van der Waals surface area (Å²) in [6.45, 7) is 8.76. The molecule has 1 unspecified atom stereocenters. The number of nitrogens with zero attached hydrogens (tertiary/aromatic N) is 3. The van der Waals surface area contributed by atoms with Crippen molar-refractivity contribution < 1.29 is 29.0 Å². The van der Waals surface area contributed by atoms with Gasteiger partial charge in [-0.3, -0.25) is 9.59 Å². The molecule has 0 spiro atoms. The van der Waals surface area contributed by atoms with Gasteiger partial charge in [0.1, 0.15) is 0 Å². The Bertz CT molecular complexity index is 1000. The van der Waals surface area contributed by atoms with Gasteiger partial charge in [0, 0.05) is 42.7 Å². The minimum atomic E-state index is -0.975. The van der Waals surface area contributed by atoms with Gasteiger partial charge in [-0.15, -0.1) is 11.8 Å². The lowest BCUT2D eigenvalue weighted by molar-refractivity contribution is -0.118. The highest BCUT2D eigenvalue weighted by Crippen LogP contribution is 2.41.